The molecule has 0 unspecified atom stereocenters. The Hall–Kier alpha value is -3.48. The summed E-state index contributed by atoms with van der Waals surface area (Å²) in [5, 5.41) is 4.70. The molecule has 1 fully saturated rings. The molecular formula is C24H25N3O7S2. The minimum absolute atomic E-state index is 0.0220. The summed E-state index contributed by atoms with van der Waals surface area (Å²) >= 11 is 1.22. The highest BCUT2D eigenvalue weighted by atomic mass is 32.2. The molecule has 0 saturated carbocycles. The second-order valence-electron chi connectivity index (χ2n) is 7.87. The van der Waals surface area contributed by atoms with Crippen LogP contribution in [0.4, 0.5) is 5.13 Å². The van der Waals surface area contributed by atoms with E-state index in [2.05, 4.69) is 10.3 Å². The summed E-state index contributed by atoms with van der Waals surface area (Å²) in [6, 6.07) is 11.0. The second kappa shape index (κ2) is 11.1. The van der Waals surface area contributed by atoms with Crippen LogP contribution in [0.15, 0.2) is 52.7 Å². The van der Waals surface area contributed by atoms with Crippen LogP contribution < -0.4 is 14.8 Å². The first-order valence-corrected chi connectivity index (χ1v) is 13.4. The van der Waals surface area contributed by atoms with Crippen LogP contribution in [0, 0.1) is 0 Å². The Labute approximate surface area is 212 Å². The fraction of sp³-hybridized carbons (Fsp3) is 0.292. The predicted molar refractivity (Wildman–Crippen MR) is 134 cm³/mol. The van der Waals surface area contributed by atoms with E-state index in [1.807, 2.05) is 6.07 Å². The van der Waals surface area contributed by atoms with Crippen molar-refractivity contribution in [2.24, 2.45) is 0 Å². The highest BCUT2D eigenvalue weighted by Crippen LogP contribution is 2.33. The van der Waals surface area contributed by atoms with Crippen molar-refractivity contribution in [2.75, 3.05) is 39.2 Å². The third-order valence-corrected chi connectivity index (χ3v) is 8.19. The maximum absolute atomic E-state index is 12.7. The zero-order valence-corrected chi connectivity index (χ0v) is 21.4. The SMILES string of the molecule is COc1ccc(-c2csc(NC(=O)COC(=O)c3cccc(S(=O)(=O)N4CCCC4)c3)n2)cc1OC. The van der Waals surface area contributed by atoms with Gasteiger partial charge >= 0.3 is 5.97 Å². The molecule has 1 aromatic heterocycles. The van der Waals surface area contributed by atoms with Gasteiger partial charge in [-0.15, -0.1) is 11.3 Å². The number of sulfonamides is 1. The first kappa shape index (κ1) is 25.6. The predicted octanol–water partition coefficient (Wildman–Crippen LogP) is 3.41. The van der Waals surface area contributed by atoms with E-state index in [4.69, 9.17) is 14.2 Å². The highest BCUT2D eigenvalue weighted by Gasteiger charge is 2.27. The number of nitrogens with zero attached hydrogens (tertiary/aromatic N) is 2. The normalized spacial score (nSPS) is 13.8. The van der Waals surface area contributed by atoms with Gasteiger partial charge in [-0.05, 0) is 49.2 Å². The number of nitrogens with one attached hydrogen (secondary N) is 1. The molecule has 0 aliphatic carbocycles. The average molecular weight is 532 g/mol. The number of carbonyl (C=O) groups is 2. The minimum atomic E-state index is -3.67. The summed E-state index contributed by atoms with van der Waals surface area (Å²) in [6.07, 6.45) is 1.62. The van der Waals surface area contributed by atoms with E-state index in [0.29, 0.717) is 35.4 Å². The van der Waals surface area contributed by atoms with Gasteiger partial charge in [0.05, 0.1) is 30.4 Å². The van der Waals surface area contributed by atoms with Crippen LogP contribution in [0.25, 0.3) is 11.3 Å². The number of amides is 1. The Morgan fingerprint density at radius 3 is 2.53 bits per heavy atom. The van der Waals surface area contributed by atoms with E-state index < -0.39 is 28.5 Å². The van der Waals surface area contributed by atoms with Gasteiger partial charge in [-0.1, -0.05) is 6.07 Å². The van der Waals surface area contributed by atoms with Crippen LogP contribution in [0.2, 0.25) is 0 Å². The van der Waals surface area contributed by atoms with Gasteiger partial charge in [0.1, 0.15) is 0 Å². The molecule has 3 aromatic rings. The van der Waals surface area contributed by atoms with E-state index in [-0.39, 0.29) is 10.5 Å². The number of anilines is 1. The van der Waals surface area contributed by atoms with Crippen LogP contribution in [0.3, 0.4) is 0 Å². The minimum Gasteiger partial charge on any atom is -0.493 e. The van der Waals surface area contributed by atoms with Gasteiger partial charge in [0.25, 0.3) is 5.91 Å². The summed E-state index contributed by atoms with van der Waals surface area (Å²) in [5.41, 5.74) is 1.46. The topological polar surface area (TPSA) is 124 Å². The van der Waals surface area contributed by atoms with E-state index in [9.17, 15) is 18.0 Å². The number of carbonyl (C=O) groups excluding carboxylic acids is 2. The van der Waals surface area contributed by atoms with Crippen LogP contribution >= 0.6 is 11.3 Å². The number of hydrogen-bond donors (Lipinski definition) is 1. The molecule has 1 amide bonds. The zero-order chi connectivity index (χ0) is 25.7. The van der Waals surface area contributed by atoms with Gasteiger partial charge in [-0.25, -0.2) is 18.2 Å². The number of benzene rings is 2. The maximum Gasteiger partial charge on any atom is 0.338 e. The van der Waals surface area contributed by atoms with Crippen LogP contribution in [-0.4, -0.2) is 63.5 Å². The van der Waals surface area contributed by atoms with Crippen molar-refractivity contribution in [1.82, 2.24) is 9.29 Å². The van der Waals surface area contributed by atoms with Crippen molar-refractivity contribution in [3.8, 4) is 22.8 Å². The third-order valence-electron chi connectivity index (χ3n) is 5.54. The van der Waals surface area contributed by atoms with E-state index in [1.54, 1.807) is 31.7 Å². The molecule has 0 bridgehead atoms. The lowest BCUT2D eigenvalue weighted by molar-refractivity contribution is -0.119. The molecule has 4 rings (SSSR count). The largest absolute Gasteiger partial charge is 0.493 e. The molecule has 0 atom stereocenters. The number of aromatic nitrogens is 1. The Bertz CT molecular complexity index is 1370. The summed E-state index contributed by atoms with van der Waals surface area (Å²) in [7, 11) is -0.582. The molecule has 1 N–H and O–H groups in total. The fourth-order valence-corrected chi connectivity index (χ4v) is 5.99. The lowest BCUT2D eigenvalue weighted by Gasteiger charge is -2.15. The van der Waals surface area contributed by atoms with Gasteiger partial charge in [-0.3, -0.25) is 10.1 Å². The number of esters is 1. The number of thiazole rings is 1. The van der Waals surface area contributed by atoms with Gasteiger partial charge in [0, 0.05) is 24.0 Å². The van der Waals surface area contributed by atoms with Crippen LogP contribution in [-0.2, 0) is 19.6 Å². The molecule has 1 aliphatic rings. The van der Waals surface area contributed by atoms with Crippen molar-refractivity contribution in [1.29, 1.82) is 0 Å². The lowest BCUT2D eigenvalue weighted by Crippen LogP contribution is -2.28. The molecule has 0 radical (unpaired) electrons. The Balaban J connectivity index is 1.35. The zero-order valence-electron chi connectivity index (χ0n) is 19.7. The first-order valence-electron chi connectivity index (χ1n) is 11.1. The van der Waals surface area contributed by atoms with Gasteiger partial charge in [0.15, 0.2) is 23.2 Å². The third kappa shape index (κ3) is 5.66. The molecule has 36 heavy (non-hydrogen) atoms. The average Bonchev–Trinajstić information content (AvgIpc) is 3.60. The number of methoxy groups -OCH3 is 2. The first-order chi connectivity index (χ1) is 17.3. The maximum atomic E-state index is 12.7. The van der Waals surface area contributed by atoms with Crippen LogP contribution in [0.1, 0.15) is 23.2 Å². The van der Waals surface area contributed by atoms with Gasteiger partial charge in [0.2, 0.25) is 10.0 Å². The summed E-state index contributed by atoms with van der Waals surface area (Å²) in [5.74, 6) is -0.227. The van der Waals surface area contributed by atoms with Crippen LogP contribution in [0.5, 0.6) is 11.5 Å². The summed E-state index contributed by atoms with van der Waals surface area (Å²) in [6.45, 7) is 0.372. The Morgan fingerprint density at radius 2 is 1.81 bits per heavy atom. The van der Waals surface area contributed by atoms with Gasteiger partial charge in [-0.2, -0.15) is 4.31 Å². The molecule has 10 nitrogen and oxygen atoms in total. The van der Waals surface area contributed by atoms with Crippen molar-refractivity contribution >= 4 is 38.4 Å². The molecule has 0 spiro atoms. The molecule has 190 valence electrons. The molecule has 2 heterocycles. The summed E-state index contributed by atoms with van der Waals surface area (Å²) < 4.78 is 42.5. The Kier molecular flexibility index (Phi) is 7.87. The lowest BCUT2D eigenvalue weighted by atomic mass is 10.1. The smallest absolute Gasteiger partial charge is 0.338 e. The molecule has 1 aliphatic heterocycles. The Morgan fingerprint density at radius 1 is 1.06 bits per heavy atom. The van der Waals surface area contributed by atoms with Crippen molar-refractivity contribution in [2.45, 2.75) is 17.7 Å². The highest BCUT2D eigenvalue weighted by molar-refractivity contribution is 7.89. The number of hydrogen-bond acceptors (Lipinski definition) is 9. The van der Waals surface area contributed by atoms with Crippen molar-refractivity contribution in [3.05, 3.63) is 53.4 Å². The van der Waals surface area contributed by atoms with E-state index >= 15 is 0 Å². The molecule has 12 heteroatoms. The summed E-state index contributed by atoms with van der Waals surface area (Å²) in [4.78, 5) is 29.2. The second-order valence-corrected chi connectivity index (χ2v) is 10.7. The van der Waals surface area contributed by atoms with Gasteiger partial charge < -0.3 is 14.2 Å². The monoisotopic (exact) mass is 531 g/mol. The molecular weight excluding hydrogens is 506 g/mol. The molecule has 2 aromatic carbocycles. The number of ether oxygens (including phenoxy) is 3. The van der Waals surface area contributed by atoms with E-state index in [1.165, 1.54) is 39.9 Å². The van der Waals surface area contributed by atoms with E-state index in [0.717, 1.165) is 18.4 Å². The quantitative estimate of drug-likeness (QED) is 0.417. The molecule has 1 saturated heterocycles. The van der Waals surface area contributed by atoms with Crippen molar-refractivity contribution in [3.63, 3.8) is 0 Å². The number of rotatable bonds is 9. The van der Waals surface area contributed by atoms with Crippen molar-refractivity contribution < 1.29 is 32.2 Å². The standard InChI is InChI=1S/C24H25N3O7S2/c1-32-20-9-8-16(13-21(20)33-2)19-15-35-24(25-19)26-22(28)14-34-23(29)17-6-5-7-18(12-17)36(30,31)27-10-3-4-11-27/h5-9,12-13,15H,3-4,10-11,14H2,1-2H3,(H,25,26,28). The fourth-order valence-electron chi connectivity index (χ4n) is 3.69.